The van der Waals surface area contributed by atoms with E-state index in [0.717, 1.165) is 11.1 Å². The highest BCUT2D eigenvalue weighted by atomic mass is 16.6. The maximum Gasteiger partial charge on any atom is 0.408 e. The van der Waals surface area contributed by atoms with E-state index in [1.807, 2.05) is 60.7 Å². The first kappa shape index (κ1) is 50.9. The van der Waals surface area contributed by atoms with E-state index in [1.165, 1.54) is 18.9 Å². The summed E-state index contributed by atoms with van der Waals surface area (Å²) in [5, 5.41) is 10.8. The van der Waals surface area contributed by atoms with Gasteiger partial charge in [-0.1, -0.05) is 78.6 Å². The van der Waals surface area contributed by atoms with E-state index in [2.05, 4.69) is 33.1 Å². The minimum absolute atomic E-state index is 0.0717. The van der Waals surface area contributed by atoms with Crippen molar-refractivity contribution in [2.24, 2.45) is 12.8 Å². The van der Waals surface area contributed by atoms with Crippen molar-refractivity contribution in [1.29, 1.82) is 0 Å². The first-order chi connectivity index (χ1) is 33.9. The van der Waals surface area contributed by atoms with Gasteiger partial charge in [0.1, 0.15) is 29.8 Å². The molecule has 2 saturated heterocycles. The Morgan fingerprint density at radius 2 is 1.58 bits per heavy atom. The molecular weight excluding hydrogens is 911 g/mol. The maximum atomic E-state index is 14.6. The number of hydrogen-bond acceptors (Lipinski definition) is 10. The van der Waals surface area contributed by atoms with Crippen LogP contribution >= 0.6 is 0 Å². The van der Waals surface area contributed by atoms with E-state index in [4.69, 9.17) is 10.5 Å². The largest absolute Gasteiger partial charge is 0.444 e. The molecule has 0 aliphatic carbocycles. The Morgan fingerprint density at radius 1 is 0.887 bits per heavy atom. The Balaban J connectivity index is 1.02. The standard InChI is InChI=1S/C52H59N9O10/c1-52(2,3)71-50(69)55-37-31-59(44(64)19-13-5-8-14-32-20-23-38-41(30-32)58(4)51(70)61(38)40-25-27-43(63)56-48(40)67)29-28-35-21-24-39(60(35)49(37)68)47(66)54-36(22-26-42(53)62)46(65)57-45(33-15-9-6-10-16-33)34-17-11-7-12-18-34/h6-7,9-12,15-18,20-21,23,30,36-37,39-40,45H,5,13,19,22,24-29,31H2,1-4H3,(H2,53,62)(H,54,66)(H,55,69)(H,57,65)(H,56,63,67)/t36-,37-,39-,40?/m0/s1. The number of nitrogens with one attached hydrogen (secondary N) is 4. The Labute approximate surface area is 410 Å². The highest BCUT2D eigenvalue weighted by Crippen LogP contribution is 2.30. The van der Waals surface area contributed by atoms with Gasteiger partial charge in [0, 0.05) is 57.0 Å². The highest BCUT2D eigenvalue weighted by molar-refractivity contribution is 6.00. The fraction of sp³-hybridized carbons (Fsp3) is 0.404. The summed E-state index contributed by atoms with van der Waals surface area (Å²) in [5.41, 5.74) is 7.94. The summed E-state index contributed by atoms with van der Waals surface area (Å²) in [5.74, 6) is 2.43. The summed E-state index contributed by atoms with van der Waals surface area (Å²) in [4.78, 5) is 122. The first-order valence-electron chi connectivity index (χ1n) is 23.7. The molecule has 3 aliphatic heterocycles. The fourth-order valence-corrected chi connectivity index (χ4v) is 9.02. The van der Waals surface area contributed by atoms with Gasteiger partial charge in [-0.3, -0.25) is 48.0 Å². The summed E-state index contributed by atoms with van der Waals surface area (Å²) in [6.45, 7) is 4.94. The van der Waals surface area contributed by atoms with Crippen molar-refractivity contribution in [3.05, 3.63) is 118 Å². The predicted molar refractivity (Wildman–Crippen MR) is 260 cm³/mol. The minimum Gasteiger partial charge on any atom is -0.444 e. The van der Waals surface area contributed by atoms with Gasteiger partial charge in [0.25, 0.3) is 5.91 Å². The monoisotopic (exact) mass is 969 g/mol. The van der Waals surface area contributed by atoms with Crippen LogP contribution in [-0.2, 0) is 45.3 Å². The second-order valence-electron chi connectivity index (χ2n) is 18.8. The third kappa shape index (κ3) is 12.4. The lowest BCUT2D eigenvalue weighted by Gasteiger charge is -2.37. The van der Waals surface area contributed by atoms with Gasteiger partial charge in [0.15, 0.2) is 0 Å². The van der Waals surface area contributed by atoms with Gasteiger partial charge >= 0.3 is 11.8 Å². The molecule has 0 radical (unpaired) electrons. The Hall–Kier alpha value is -8.01. The lowest BCUT2D eigenvalue weighted by atomic mass is 9.98. The number of ether oxygens (including phenoxy) is 1. The number of nitrogens with two attached hydrogens (primary N) is 1. The summed E-state index contributed by atoms with van der Waals surface area (Å²) >= 11 is 0. The molecule has 0 spiro atoms. The number of imide groups is 1. The van der Waals surface area contributed by atoms with Crippen LogP contribution in [0.5, 0.6) is 0 Å². The number of aromatic nitrogens is 2. The predicted octanol–water partition coefficient (Wildman–Crippen LogP) is 3.11. The zero-order valence-corrected chi connectivity index (χ0v) is 40.2. The number of unbranched alkanes of at least 4 members (excludes halogenated alkanes) is 1. The number of carbonyl (C=O) groups is 8. The molecule has 2 fully saturated rings. The quantitative estimate of drug-likeness (QED) is 0.0702. The number of carbonyl (C=O) groups excluding carboxylic acids is 8. The smallest absolute Gasteiger partial charge is 0.408 e. The summed E-state index contributed by atoms with van der Waals surface area (Å²) in [6.07, 6.45) is 1.91. The Morgan fingerprint density at radius 3 is 2.23 bits per heavy atom. The summed E-state index contributed by atoms with van der Waals surface area (Å²) < 4.78 is 8.33. The number of nitrogens with zero attached hydrogens (tertiary/aromatic N) is 4. The Bertz CT molecular complexity index is 2830. The van der Waals surface area contributed by atoms with Crippen molar-refractivity contribution < 1.29 is 43.1 Å². The van der Waals surface area contributed by atoms with Gasteiger partial charge in [-0.25, -0.2) is 9.59 Å². The minimum atomic E-state index is -1.33. The molecule has 1 unspecified atom stereocenters. The summed E-state index contributed by atoms with van der Waals surface area (Å²) in [6, 6.07) is 18.7. The molecule has 19 nitrogen and oxygen atoms in total. The molecule has 0 saturated carbocycles. The van der Waals surface area contributed by atoms with Gasteiger partial charge in [0.05, 0.1) is 23.6 Å². The molecule has 6 N–H and O–H groups in total. The average Bonchev–Trinajstić information content (AvgIpc) is 3.86. The molecular formula is C52H59N9O10. The SMILES string of the molecule is Cn1c(=O)n(C2CCC(=O)NC2=O)c2ccc(C#CCCCC(=O)N3CCC4=CC[C@@H](C(=O)N[C@@H](CCC(N)=O)C(=O)NC(c5ccccc5)c5ccccc5)N4C(=O)[C@@H](NC(=O)OC(C)(C)C)C3)cc21. The number of primary amides is 1. The van der Waals surface area contributed by atoms with Gasteiger partial charge in [-0.2, -0.15) is 0 Å². The van der Waals surface area contributed by atoms with E-state index in [9.17, 15) is 43.2 Å². The van der Waals surface area contributed by atoms with Crippen LogP contribution in [0.25, 0.3) is 11.0 Å². The van der Waals surface area contributed by atoms with E-state index >= 15 is 0 Å². The number of aryl methyl sites for hydroxylation is 1. The van der Waals surface area contributed by atoms with E-state index in [0.29, 0.717) is 35.1 Å². The fourth-order valence-electron chi connectivity index (χ4n) is 9.02. The van der Waals surface area contributed by atoms with Crippen LogP contribution in [0.3, 0.4) is 0 Å². The zero-order valence-electron chi connectivity index (χ0n) is 40.2. The molecule has 71 heavy (non-hydrogen) atoms. The number of rotatable bonds is 14. The molecule has 372 valence electrons. The van der Waals surface area contributed by atoms with E-state index < -0.39 is 77.1 Å². The van der Waals surface area contributed by atoms with Crippen LogP contribution in [0.2, 0.25) is 0 Å². The molecule has 19 heteroatoms. The summed E-state index contributed by atoms with van der Waals surface area (Å²) in [7, 11) is 1.60. The van der Waals surface area contributed by atoms with Crippen LogP contribution in [0.1, 0.15) is 107 Å². The van der Waals surface area contributed by atoms with Crippen molar-refractivity contribution in [2.75, 3.05) is 13.1 Å². The molecule has 1 aromatic heterocycles. The number of alkyl carbamates (subject to hydrolysis) is 1. The number of amides is 8. The third-order valence-corrected chi connectivity index (χ3v) is 12.5. The molecule has 7 rings (SSSR count). The number of piperidine rings is 1. The second kappa shape index (κ2) is 22.2. The van der Waals surface area contributed by atoms with Crippen LogP contribution in [0.4, 0.5) is 4.79 Å². The molecule has 3 aliphatic rings. The number of hydrogen-bond donors (Lipinski definition) is 5. The van der Waals surface area contributed by atoms with E-state index in [-0.39, 0.29) is 69.8 Å². The van der Waals surface area contributed by atoms with E-state index in [1.54, 1.807) is 52.1 Å². The number of imidazole rings is 1. The van der Waals surface area contributed by atoms with Gasteiger partial charge in [-0.15, -0.1) is 0 Å². The van der Waals surface area contributed by atoms with Crippen molar-refractivity contribution in [3.8, 4) is 11.8 Å². The second-order valence-corrected chi connectivity index (χ2v) is 18.8. The van der Waals surface area contributed by atoms with Crippen LogP contribution < -0.4 is 32.7 Å². The zero-order chi connectivity index (χ0) is 51.0. The molecule has 4 heterocycles. The molecule has 3 aromatic carbocycles. The normalized spacial score (nSPS) is 18.5. The van der Waals surface area contributed by atoms with Crippen LogP contribution in [0.15, 0.2) is 95.4 Å². The number of benzene rings is 3. The van der Waals surface area contributed by atoms with Crippen molar-refractivity contribution in [3.63, 3.8) is 0 Å². The van der Waals surface area contributed by atoms with Crippen molar-refractivity contribution >= 4 is 58.5 Å². The van der Waals surface area contributed by atoms with Crippen LogP contribution in [-0.4, -0.2) is 103 Å². The van der Waals surface area contributed by atoms with Gasteiger partial charge < -0.3 is 36.2 Å². The highest BCUT2D eigenvalue weighted by Gasteiger charge is 2.43. The topological polar surface area (TPSA) is 253 Å². The van der Waals surface area contributed by atoms with Crippen LogP contribution in [0, 0.1) is 11.8 Å². The lowest BCUT2D eigenvalue weighted by Crippen LogP contribution is -2.60. The lowest BCUT2D eigenvalue weighted by molar-refractivity contribution is -0.142. The molecule has 0 bridgehead atoms. The van der Waals surface area contributed by atoms with Crippen molar-refractivity contribution in [1.82, 2.24) is 40.2 Å². The third-order valence-electron chi connectivity index (χ3n) is 12.5. The van der Waals surface area contributed by atoms with Gasteiger partial charge in [0.2, 0.25) is 35.4 Å². The van der Waals surface area contributed by atoms with Crippen molar-refractivity contribution in [2.45, 2.75) is 114 Å². The van der Waals surface area contributed by atoms with Gasteiger partial charge in [-0.05, 0) is 75.8 Å². The first-order valence-corrected chi connectivity index (χ1v) is 23.7. The molecule has 4 aromatic rings. The average molecular weight is 970 g/mol. The molecule has 8 amide bonds. The number of fused-ring (bicyclic) bond motifs is 2. The Kier molecular flexibility index (Phi) is 15.9. The maximum absolute atomic E-state index is 14.6. The molecule has 4 atom stereocenters.